The van der Waals surface area contributed by atoms with Gasteiger partial charge in [0.1, 0.15) is 17.2 Å². The maximum absolute atomic E-state index is 12.3. The molecule has 0 atom stereocenters. The Hall–Kier alpha value is -2.73. The zero-order valence-electron chi connectivity index (χ0n) is 14.7. The van der Waals surface area contributed by atoms with E-state index in [1.54, 1.807) is 18.2 Å². The third kappa shape index (κ3) is 4.26. The fraction of sp³-hybridized carbons (Fsp3) is 0.200. The number of hydrogen-bond donors (Lipinski definition) is 2. The van der Waals surface area contributed by atoms with E-state index in [0.29, 0.717) is 22.4 Å². The van der Waals surface area contributed by atoms with Crippen LogP contribution in [-0.2, 0) is 4.79 Å². The predicted molar refractivity (Wildman–Crippen MR) is 106 cm³/mol. The number of phenols is 1. The second-order valence-corrected chi connectivity index (χ2v) is 6.89. The van der Waals surface area contributed by atoms with Gasteiger partial charge in [-0.25, -0.2) is 4.99 Å². The van der Waals surface area contributed by atoms with Crippen molar-refractivity contribution in [1.82, 2.24) is 5.32 Å². The molecule has 0 spiro atoms. The molecule has 0 aromatic heterocycles. The molecule has 5 nitrogen and oxygen atoms in total. The fourth-order valence-electron chi connectivity index (χ4n) is 2.40. The second-order valence-electron chi connectivity index (χ2n) is 5.86. The number of amidine groups is 1. The Labute approximate surface area is 156 Å². The van der Waals surface area contributed by atoms with Crippen molar-refractivity contribution in [2.45, 2.75) is 20.3 Å². The van der Waals surface area contributed by atoms with E-state index in [1.807, 2.05) is 44.2 Å². The summed E-state index contributed by atoms with van der Waals surface area (Å²) in [4.78, 5) is 17.1. The highest BCUT2D eigenvalue weighted by molar-refractivity contribution is 8.18. The Morgan fingerprint density at radius 1 is 1.27 bits per heavy atom. The molecule has 6 heteroatoms. The molecular formula is C20H20N2O3S. The third-order valence-electron chi connectivity index (χ3n) is 3.67. The maximum Gasteiger partial charge on any atom is 0.264 e. The molecular weight excluding hydrogens is 348 g/mol. The molecule has 0 unspecified atom stereocenters. The number of aromatic hydroxyl groups is 1. The predicted octanol–water partition coefficient (Wildman–Crippen LogP) is 4.38. The quantitative estimate of drug-likeness (QED) is 0.768. The van der Waals surface area contributed by atoms with E-state index >= 15 is 0 Å². The van der Waals surface area contributed by atoms with Gasteiger partial charge in [-0.2, -0.15) is 0 Å². The smallest absolute Gasteiger partial charge is 0.264 e. The number of benzene rings is 2. The standard InChI is InChI=1S/C20H20N2O3S/c1-3-10-25-17-7-5-4-6-14(17)12-18-19(24)22-20(26-18)21-15-9-8-13(2)11-16(15)23/h4-9,11-12,23H,3,10H2,1-2H3,(H,21,22,24)/b18-12-. The zero-order chi connectivity index (χ0) is 18.5. The Morgan fingerprint density at radius 3 is 2.85 bits per heavy atom. The Kier molecular flexibility index (Phi) is 5.63. The number of hydrogen-bond acceptors (Lipinski definition) is 5. The molecule has 1 fully saturated rings. The number of nitrogens with zero attached hydrogens (tertiary/aromatic N) is 1. The summed E-state index contributed by atoms with van der Waals surface area (Å²) in [5.74, 6) is 0.616. The van der Waals surface area contributed by atoms with Gasteiger partial charge in [0.2, 0.25) is 0 Å². The molecule has 0 bridgehead atoms. The average Bonchev–Trinajstić information content (AvgIpc) is 2.96. The van der Waals surface area contributed by atoms with Gasteiger partial charge in [0, 0.05) is 5.56 Å². The molecule has 2 aromatic rings. The van der Waals surface area contributed by atoms with Gasteiger partial charge in [0.15, 0.2) is 5.17 Å². The van der Waals surface area contributed by atoms with Crippen molar-refractivity contribution in [2.24, 2.45) is 4.99 Å². The SMILES string of the molecule is CCCOc1ccccc1/C=C1\SC(=Nc2ccc(C)cc2O)NC1=O. The van der Waals surface area contributed by atoms with Crippen LogP contribution < -0.4 is 10.1 Å². The van der Waals surface area contributed by atoms with Crippen molar-refractivity contribution in [3.8, 4) is 11.5 Å². The number of aliphatic imine (C=N–C) groups is 1. The summed E-state index contributed by atoms with van der Waals surface area (Å²) < 4.78 is 5.73. The van der Waals surface area contributed by atoms with E-state index in [2.05, 4.69) is 10.3 Å². The van der Waals surface area contributed by atoms with Crippen LogP contribution in [0.25, 0.3) is 6.08 Å². The van der Waals surface area contributed by atoms with E-state index in [0.717, 1.165) is 23.3 Å². The number of aryl methyl sites for hydroxylation is 1. The van der Waals surface area contributed by atoms with Crippen molar-refractivity contribution >= 4 is 34.6 Å². The van der Waals surface area contributed by atoms with Gasteiger partial charge in [-0.05, 0) is 54.9 Å². The second kappa shape index (κ2) is 8.10. The number of ether oxygens (including phenoxy) is 1. The highest BCUT2D eigenvalue weighted by atomic mass is 32.2. The van der Waals surface area contributed by atoms with E-state index in [4.69, 9.17) is 4.74 Å². The number of rotatable bonds is 5. The van der Waals surface area contributed by atoms with Crippen molar-refractivity contribution in [1.29, 1.82) is 0 Å². The number of para-hydroxylation sites is 1. The van der Waals surface area contributed by atoms with Crippen molar-refractivity contribution in [3.63, 3.8) is 0 Å². The Morgan fingerprint density at radius 2 is 2.08 bits per heavy atom. The first kappa shape index (κ1) is 18.1. The van der Waals surface area contributed by atoms with E-state index in [-0.39, 0.29) is 11.7 Å². The highest BCUT2D eigenvalue weighted by Gasteiger charge is 2.24. The van der Waals surface area contributed by atoms with Crippen LogP contribution in [0.2, 0.25) is 0 Å². The van der Waals surface area contributed by atoms with Gasteiger partial charge in [0.25, 0.3) is 5.91 Å². The van der Waals surface area contributed by atoms with Crippen LogP contribution in [-0.4, -0.2) is 22.8 Å². The molecule has 26 heavy (non-hydrogen) atoms. The largest absolute Gasteiger partial charge is 0.506 e. The highest BCUT2D eigenvalue weighted by Crippen LogP contribution is 2.33. The Balaban J connectivity index is 1.84. The summed E-state index contributed by atoms with van der Waals surface area (Å²) in [6.45, 7) is 4.56. The summed E-state index contributed by atoms with van der Waals surface area (Å²) in [7, 11) is 0. The lowest BCUT2D eigenvalue weighted by Gasteiger charge is -2.07. The summed E-state index contributed by atoms with van der Waals surface area (Å²) in [5.41, 5.74) is 2.21. The van der Waals surface area contributed by atoms with Gasteiger partial charge in [-0.1, -0.05) is 31.2 Å². The molecule has 2 N–H and O–H groups in total. The van der Waals surface area contributed by atoms with Crippen LogP contribution in [0.1, 0.15) is 24.5 Å². The van der Waals surface area contributed by atoms with Gasteiger partial charge < -0.3 is 15.2 Å². The minimum Gasteiger partial charge on any atom is -0.506 e. The molecule has 1 amide bonds. The summed E-state index contributed by atoms with van der Waals surface area (Å²) in [6, 6.07) is 12.8. The van der Waals surface area contributed by atoms with E-state index in [9.17, 15) is 9.90 Å². The summed E-state index contributed by atoms with van der Waals surface area (Å²) in [5, 5.41) is 13.1. The van der Waals surface area contributed by atoms with Gasteiger partial charge in [-0.15, -0.1) is 0 Å². The minimum atomic E-state index is -0.217. The van der Waals surface area contributed by atoms with Crippen molar-refractivity contribution in [2.75, 3.05) is 6.61 Å². The normalized spacial score (nSPS) is 16.9. The van der Waals surface area contributed by atoms with Crippen LogP contribution >= 0.6 is 11.8 Å². The van der Waals surface area contributed by atoms with Crippen LogP contribution in [0.4, 0.5) is 5.69 Å². The first-order chi connectivity index (χ1) is 12.6. The molecule has 1 aliphatic heterocycles. The maximum atomic E-state index is 12.3. The number of carbonyl (C=O) groups excluding carboxylic acids is 1. The van der Waals surface area contributed by atoms with Gasteiger partial charge in [0.05, 0.1) is 11.5 Å². The zero-order valence-corrected chi connectivity index (χ0v) is 15.5. The van der Waals surface area contributed by atoms with Gasteiger partial charge >= 0.3 is 0 Å². The van der Waals surface area contributed by atoms with E-state index < -0.39 is 0 Å². The molecule has 0 saturated carbocycles. The van der Waals surface area contributed by atoms with Crippen molar-refractivity contribution in [3.05, 3.63) is 58.5 Å². The average molecular weight is 368 g/mol. The van der Waals surface area contributed by atoms with E-state index in [1.165, 1.54) is 11.8 Å². The Bertz CT molecular complexity index is 890. The monoisotopic (exact) mass is 368 g/mol. The molecule has 1 aliphatic rings. The van der Waals surface area contributed by atoms with Crippen LogP contribution in [0, 0.1) is 6.92 Å². The lowest BCUT2D eigenvalue weighted by Crippen LogP contribution is -2.19. The molecule has 0 radical (unpaired) electrons. The lowest BCUT2D eigenvalue weighted by atomic mass is 10.2. The summed E-state index contributed by atoms with van der Waals surface area (Å²) >= 11 is 1.24. The fourth-order valence-corrected chi connectivity index (χ4v) is 3.23. The number of amides is 1. The molecule has 3 rings (SSSR count). The van der Waals surface area contributed by atoms with Crippen LogP contribution in [0.3, 0.4) is 0 Å². The molecule has 1 saturated heterocycles. The number of phenolic OH excluding ortho intramolecular Hbond substituents is 1. The number of nitrogens with one attached hydrogen (secondary N) is 1. The topological polar surface area (TPSA) is 70.9 Å². The molecule has 1 heterocycles. The minimum absolute atomic E-state index is 0.0862. The first-order valence-electron chi connectivity index (χ1n) is 8.38. The summed E-state index contributed by atoms with van der Waals surface area (Å²) in [6.07, 6.45) is 2.71. The third-order valence-corrected chi connectivity index (χ3v) is 4.58. The van der Waals surface area contributed by atoms with Gasteiger partial charge in [-0.3, -0.25) is 4.79 Å². The van der Waals surface area contributed by atoms with Crippen LogP contribution in [0.15, 0.2) is 52.4 Å². The first-order valence-corrected chi connectivity index (χ1v) is 9.19. The van der Waals surface area contributed by atoms with Crippen LogP contribution in [0.5, 0.6) is 11.5 Å². The number of carbonyl (C=O) groups is 1. The van der Waals surface area contributed by atoms with Crippen molar-refractivity contribution < 1.29 is 14.6 Å². The molecule has 2 aromatic carbocycles. The number of thioether (sulfide) groups is 1. The lowest BCUT2D eigenvalue weighted by molar-refractivity contribution is -0.115. The molecule has 0 aliphatic carbocycles. The molecule has 134 valence electrons.